The van der Waals surface area contributed by atoms with E-state index < -0.39 is 11.7 Å². The van der Waals surface area contributed by atoms with Crippen LogP contribution in [0.2, 0.25) is 0 Å². The Morgan fingerprint density at radius 3 is 2.72 bits per heavy atom. The number of carbonyl (C=O) groups excluding carboxylic acids is 1. The van der Waals surface area contributed by atoms with Crippen molar-refractivity contribution in [3.63, 3.8) is 0 Å². The van der Waals surface area contributed by atoms with Crippen LogP contribution >= 0.6 is 15.9 Å². The zero-order valence-electron chi connectivity index (χ0n) is 9.15. The molecular weight excluding hydrogens is 301 g/mol. The highest BCUT2D eigenvalue weighted by molar-refractivity contribution is 9.10. The van der Waals surface area contributed by atoms with E-state index in [1.807, 2.05) is 0 Å². The first-order valence-electron chi connectivity index (χ1n) is 5.12. The second-order valence-corrected chi connectivity index (χ2v) is 4.54. The topological polar surface area (TPSA) is 49.3 Å². The van der Waals surface area contributed by atoms with Crippen LogP contribution in [0.5, 0.6) is 5.75 Å². The number of amides is 1. The fourth-order valence-electron chi connectivity index (χ4n) is 1.45. The standard InChI is InChI=1S/C13H9BrFNO2/c14-8-4-5-12(17)11(6-8)13(18)16-10-3-1-2-9(15)7-10/h1-7,17H,(H,16,18). The lowest BCUT2D eigenvalue weighted by Gasteiger charge is -2.07. The highest BCUT2D eigenvalue weighted by Crippen LogP contribution is 2.23. The van der Waals surface area contributed by atoms with Gasteiger partial charge in [-0.25, -0.2) is 4.39 Å². The Hall–Kier alpha value is -1.88. The van der Waals surface area contributed by atoms with Gasteiger partial charge < -0.3 is 10.4 Å². The summed E-state index contributed by atoms with van der Waals surface area (Å²) in [6, 6.07) is 10.1. The summed E-state index contributed by atoms with van der Waals surface area (Å²) in [4.78, 5) is 11.9. The molecule has 0 aromatic heterocycles. The van der Waals surface area contributed by atoms with Gasteiger partial charge in [-0.2, -0.15) is 0 Å². The molecule has 0 aliphatic rings. The minimum absolute atomic E-state index is 0.119. The second kappa shape index (κ2) is 5.18. The molecule has 0 fully saturated rings. The highest BCUT2D eigenvalue weighted by Gasteiger charge is 2.11. The van der Waals surface area contributed by atoms with Gasteiger partial charge >= 0.3 is 0 Å². The van der Waals surface area contributed by atoms with Crippen molar-refractivity contribution in [2.75, 3.05) is 5.32 Å². The van der Waals surface area contributed by atoms with E-state index >= 15 is 0 Å². The maximum atomic E-state index is 13.0. The Kier molecular flexibility index (Phi) is 3.62. The van der Waals surface area contributed by atoms with Gasteiger partial charge in [-0.15, -0.1) is 0 Å². The number of anilines is 1. The molecule has 0 heterocycles. The van der Waals surface area contributed by atoms with Gasteiger partial charge in [-0.05, 0) is 36.4 Å². The van der Waals surface area contributed by atoms with Gasteiger partial charge in [-0.1, -0.05) is 22.0 Å². The summed E-state index contributed by atoms with van der Waals surface area (Å²) >= 11 is 3.21. The molecule has 2 aromatic carbocycles. The predicted octanol–water partition coefficient (Wildman–Crippen LogP) is 3.55. The molecule has 92 valence electrons. The van der Waals surface area contributed by atoms with Crippen molar-refractivity contribution >= 4 is 27.5 Å². The molecule has 2 rings (SSSR count). The molecule has 0 saturated heterocycles. The summed E-state index contributed by atoms with van der Waals surface area (Å²) < 4.78 is 13.6. The second-order valence-electron chi connectivity index (χ2n) is 3.63. The van der Waals surface area contributed by atoms with Crippen LogP contribution in [0.4, 0.5) is 10.1 Å². The fraction of sp³-hybridized carbons (Fsp3) is 0. The van der Waals surface area contributed by atoms with E-state index in [1.165, 1.54) is 30.3 Å². The Morgan fingerprint density at radius 1 is 1.22 bits per heavy atom. The van der Waals surface area contributed by atoms with Crippen molar-refractivity contribution in [3.05, 3.63) is 58.3 Å². The lowest BCUT2D eigenvalue weighted by atomic mass is 10.2. The van der Waals surface area contributed by atoms with Crippen molar-refractivity contribution in [1.29, 1.82) is 0 Å². The first-order chi connectivity index (χ1) is 8.56. The largest absolute Gasteiger partial charge is 0.507 e. The predicted molar refractivity (Wildman–Crippen MR) is 70.2 cm³/mol. The lowest BCUT2D eigenvalue weighted by Crippen LogP contribution is -2.12. The van der Waals surface area contributed by atoms with Crippen molar-refractivity contribution < 1.29 is 14.3 Å². The fourth-order valence-corrected chi connectivity index (χ4v) is 1.82. The number of hydrogen-bond acceptors (Lipinski definition) is 2. The lowest BCUT2D eigenvalue weighted by molar-refractivity contribution is 0.102. The number of phenolic OH excluding ortho intramolecular Hbond substituents is 1. The average molecular weight is 310 g/mol. The van der Waals surface area contributed by atoms with Crippen LogP contribution in [-0.4, -0.2) is 11.0 Å². The van der Waals surface area contributed by atoms with Gasteiger partial charge in [0.1, 0.15) is 11.6 Å². The molecule has 0 saturated carbocycles. The van der Waals surface area contributed by atoms with Crippen LogP contribution < -0.4 is 5.32 Å². The van der Waals surface area contributed by atoms with Crippen LogP contribution in [0, 0.1) is 5.82 Å². The van der Waals surface area contributed by atoms with E-state index in [9.17, 15) is 14.3 Å². The number of rotatable bonds is 2. The maximum absolute atomic E-state index is 13.0. The number of carbonyl (C=O) groups is 1. The summed E-state index contributed by atoms with van der Waals surface area (Å²) in [5.74, 6) is -1.07. The van der Waals surface area contributed by atoms with Gasteiger partial charge in [0.2, 0.25) is 0 Å². The monoisotopic (exact) mass is 309 g/mol. The molecule has 2 aromatic rings. The third-order valence-corrected chi connectivity index (χ3v) is 2.78. The Labute approximate surface area is 111 Å². The van der Waals surface area contributed by atoms with E-state index in [1.54, 1.807) is 12.1 Å². The Morgan fingerprint density at radius 2 is 2.00 bits per heavy atom. The molecule has 0 unspecified atom stereocenters. The number of nitrogens with one attached hydrogen (secondary N) is 1. The summed E-state index contributed by atoms with van der Waals surface area (Å²) in [6.45, 7) is 0. The van der Waals surface area contributed by atoms with Crippen molar-refractivity contribution in [1.82, 2.24) is 0 Å². The minimum Gasteiger partial charge on any atom is -0.507 e. The molecule has 0 aliphatic heterocycles. The number of phenols is 1. The Balaban J connectivity index is 2.24. The van der Waals surface area contributed by atoms with E-state index in [0.29, 0.717) is 10.2 Å². The van der Waals surface area contributed by atoms with E-state index in [2.05, 4.69) is 21.2 Å². The molecule has 3 nitrogen and oxygen atoms in total. The van der Waals surface area contributed by atoms with Crippen LogP contribution in [0.15, 0.2) is 46.9 Å². The van der Waals surface area contributed by atoms with Gasteiger partial charge in [0.05, 0.1) is 5.56 Å². The molecule has 0 spiro atoms. The van der Waals surface area contributed by atoms with Gasteiger partial charge in [-0.3, -0.25) is 4.79 Å². The number of hydrogen-bond donors (Lipinski definition) is 2. The summed E-state index contributed by atoms with van der Waals surface area (Å²) in [7, 11) is 0. The summed E-state index contributed by atoms with van der Waals surface area (Å²) in [5.41, 5.74) is 0.452. The summed E-state index contributed by atoms with van der Waals surface area (Å²) in [6.07, 6.45) is 0. The molecule has 0 bridgehead atoms. The first kappa shape index (κ1) is 12.6. The van der Waals surface area contributed by atoms with E-state index in [-0.39, 0.29) is 11.3 Å². The maximum Gasteiger partial charge on any atom is 0.259 e. The van der Waals surface area contributed by atoms with E-state index in [4.69, 9.17) is 0 Å². The molecule has 5 heteroatoms. The highest BCUT2D eigenvalue weighted by atomic mass is 79.9. The number of halogens is 2. The zero-order chi connectivity index (χ0) is 13.1. The first-order valence-corrected chi connectivity index (χ1v) is 5.91. The number of benzene rings is 2. The molecule has 0 aliphatic carbocycles. The SMILES string of the molecule is O=C(Nc1cccc(F)c1)c1cc(Br)ccc1O. The normalized spacial score (nSPS) is 10.1. The third kappa shape index (κ3) is 2.87. The van der Waals surface area contributed by atoms with Crippen molar-refractivity contribution in [3.8, 4) is 5.75 Å². The molecular formula is C13H9BrFNO2. The molecule has 1 amide bonds. The van der Waals surface area contributed by atoms with Crippen LogP contribution in [-0.2, 0) is 0 Å². The molecule has 0 atom stereocenters. The van der Waals surface area contributed by atoms with Gasteiger partial charge in [0.15, 0.2) is 0 Å². The zero-order valence-corrected chi connectivity index (χ0v) is 10.7. The smallest absolute Gasteiger partial charge is 0.259 e. The van der Waals surface area contributed by atoms with Crippen LogP contribution in [0.25, 0.3) is 0 Å². The molecule has 18 heavy (non-hydrogen) atoms. The minimum atomic E-state index is -0.501. The van der Waals surface area contributed by atoms with Crippen LogP contribution in [0.1, 0.15) is 10.4 Å². The van der Waals surface area contributed by atoms with Crippen LogP contribution in [0.3, 0.4) is 0 Å². The van der Waals surface area contributed by atoms with E-state index in [0.717, 1.165) is 0 Å². The average Bonchev–Trinajstić information content (AvgIpc) is 2.32. The summed E-state index contributed by atoms with van der Waals surface area (Å²) in [5, 5.41) is 12.1. The van der Waals surface area contributed by atoms with Gasteiger partial charge in [0.25, 0.3) is 5.91 Å². The third-order valence-electron chi connectivity index (χ3n) is 2.29. The Bertz CT molecular complexity index is 601. The number of aromatic hydroxyl groups is 1. The van der Waals surface area contributed by atoms with Crippen molar-refractivity contribution in [2.45, 2.75) is 0 Å². The van der Waals surface area contributed by atoms with Crippen molar-refractivity contribution in [2.24, 2.45) is 0 Å². The molecule has 0 radical (unpaired) electrons. The molecule has 2 N–H and O–H groups in total. The quantitative estimate of drug-likeness (QED) is 0.891. The van der Waals surface area contributed by atoms with Gasteiger partial charge in [0, 0.05) is 10.2 Å².